The molecule has 0 bridgehead atoms. The Hall–Kier alpha value is -7.48. The lowest BCUT2D eigenvalue weighted by Crippen LogP contribution is -2.11. The quantitative estimate of drug-likeness (QED) is 0.154. The van der Waals surface area contributed by atoms with Crippen LogP contribution in [0.4, 0.5) is 17.1 Å². The molecule has 0 fully saturated rings. The minimum Gasteiger partial charge on any atom is -0.310 e. The molecular weight excluding hydrogens is 687 g/mol. The van der Waals surface area contributed by atoms with Gasteiger partial charge in [0, 0.05) is 16.8 Å². The minimum atomic E-state index is 1.10. The summed E-state index contributed by atoms with van der Waals surface area (Å²) in [6.45, 7) is 0. The lowest BCUT2D eigenvalue weighted by Gasteiger charge is -2.28. The van der Waals surface area contributed by atoms with Crippen LogP contribution in [0.15, 0.2) is 224 Å². The highest BCUT2D eigenvalue weighted by Crippen LogP contribution is 2.45. The van der Waals surface area contributed by atoms with E-state index in [2.05, 4.69) is 229 Å². The Morgan fingerprint density at radius 2 is 0.825 bits per heavy atom. The maximum atomic E-state index is 2.45. The van der Waals surface area contributed by atoms with Gasteiger partial charge in [0.1, 0.15) is 0 Å². The third-order valence-corrected chi connectivity index (χ3v) is 11.6. The van der Waals surface area contributed by atoms with Gasteiger partial charge < -0.3 is 4.90 Å². The van der Waals surface area contributed by atoms with Crippen LogP contribution in [0.3, 0.4) is 0 Å². The number of fused-ring (bicyclic) bond motifs is 7. The first-order chi connectivity index (χ1) is 28.3. The van der Waals surface area contributed by atoms with Gasteiger partial charge in [-0.05, 0) is 124 Å². The zero-order valence-corrected chi connectivity index (χ0v) is 31.3. The molecule has 11 aromatic rings. The molecule has 0 atom stereocenters. The van der Waals surface area contributed by atoms with Crippen molar-refractivity contribution in [2.45, 2.75) is 0 Å². The molecule has 0 heterocycles. The molecule has 11 aromatic carbocycles. The third kappa shape index (κ3) is 5.72. The monoisotopic (exact) mass is 723 g/mol. The van der Waals surface area contributed by atoms with Gasteiger partial charge in [-0.1, -0.05) is 182 Å². The van der Waals surface area contributed by atoms with E-state index in [1.807, 2.05) is 0 Å². The lowest BCUT2D eigenvalue weighted by molar-refractivity contribution is 1.30. The number of nitrogens with zero attached hydrogens (tertiary/aromatic N) is 1. The number of anilines is 3. The second kappa shape index (κ2) is 13.7. The Morgan fingerprint density at radius 1 is 0.228 bits per heavy atom. The number of hydrogen-bond donors (Lipinski definition) is 0. The molecule has 1 heteroatoms. The summed E-state index contributed by atoms with van der Waals surface area (Å²) >= 11 is 0. The predicted octanol–water partition coefficient (Wildman–Crippen LogP) is 15.9. The summed E-state index contributed by atoms with van der Waals surface area (Å²) in [6.07, 6.45) is 0. The van der Waals surface area contributed by atoms with Crippen molar-refractivity contribution in [1.29, 1.82) is 0 Å². The average Bonchev–Trinajstić information content (AvgIpc) is 3.29. The van der Waals surface area contributed by atoms with Gasteiger partial charge in [0.15, 0.2) is 0 Å². The fraction of sp³-hybridized carbons (Fsp3) is 0. The van der Waals surface area contributed by atoms with Crippen LogP contribution < -0.4 is 4.90 Å². The molecule has 57 heavy (non-hydrogen) atoms. The summed E-state index contributed by atoms with van der Waals surface area (Å²) in [5.41, 5.74) is 10.6. The molecule has 0 aliphatic carbocycles. The normalized spacial score (nSPS) is 11.5. The molecule has 266 valence electrons. The molecular formula is C56H37N. The van der Waals surface area contributed by atoms with Crippen LogP contribution in [-0.2, 0) is 0 Å². The van der Waals surface area contributed by atoms with Gasteiger partial charge in [0.25, 0.3) is 0 Å². The molecule has 0 saturated heterocycles. The van der Waals surface area contributed by atoms with Crippen molar-refractivity contribution >= 4 is 70.9 Å². The van der Waals surface area contributed by atoms with E-state index in [1.54, 1.807) is 0 Å². The van der Waals surface area contributed by atoms with Gasteiger partial charge in [-0.3, -0.25) is 0 Å². The van der Waals surface area contributed by atoms with Crippen molar-refractivity contribution in [1.82, 2.24) is 0 Å². The van der Waals surface area contributed by atoms with Gasteiger partial charge in [-0.2, -0.15) is 0 Å². The predicted molar refractivity (Wildman–Crippen MR) is 245 cm³/mol. The summed E-state index contributed by atoms with van der Waals surface area (Å²) < 4.78 is 0. The molecule has 0 N–H and O–H groups in total. The molecule has 0 unspecified atom stereocenters. The zero-order valence-electron chi connectivity index (χ0n) is 31.3. The molecule has 0 aliphatic heterocycles. The van der Waals surface area contributed by atoms with E-state index in [-0.39, 0.29) is 0 Å². The zero-order chi connectivity index (χ0) is 37.7. The van der Waals surface area contributed by atoms with Crippen LogP contribution in [0.5, 0.6) is 0 Å². The Labute approximate surface area is 332 Å². The van der Waals surface area contributed by atoms with E-state index in [0.29, 0.717) is 0 Å². The van der Waals surface area contributed by atoms with E-state index in [1.165, 1.54) is 87.2 Å². The standard InChI is InChI=1S/C56H37N/c1-2-14-38(15-3-1)42-20-12-21-46(35-42)57(45-31-28-41(29-32-45)48-27-13-19-39-16-4-7-22-47(39)48)56-36-44(34-43-18-6-9-24-50(43)56)54-37-55-49-23-8-5-17-40(49)30-33-53(55)51-25-10-11-26-52(51)54/h1-37H. The molecule has 0 spiro atoms. The maximum absolute atomic E-state index is 2.45. The van der Waals surface area contributed by atoms with Crippen molar-refractivity contribution in [3.63, 3.8) is 0 Å². The molecule has 0 saturated carbocycles. The van der Waals surface area contributed by atoms with Crippen LogP contribution in [-0.4, -0.2) is 0 Å². The molecule has 0 amide bonds. The van der Waals surface area contributed by atoms with Crippen molar-refractivity contribution < 1.29 is 0 Å². The van der Waals surface area contributed by atoms with Crippen molar-refractivity contribution in [2.75, 3.05) is 4.90 Å². The Bertz CT molecular complexity index is 3280. The first kappa shape index (κ1) is 32.9. The molecule has 1 nitrogen and oxygen atoms in total. The summed E-state index contributed by atoms with van der Waals surface area (Å²) in [6, 6.07) is 82.2. The number of benzene rings is 11. The van der Waals surface area contributed by atoms with Crippen molar-refractivity contribution in [3.8, 4) is 33.4 Å². The highest BCUT2D eigenvalue weighted by molar-refractivity contribution is 6.21. The smallest absolute Gasteiger partial charge is 0.0546 e. The largest absolute Gasteiger partial charge is 0.310 e. The summed E-state index contributed by atoms with van der Waals surface area (Å²) in [7, 11) is 0. The Kier molecular flexibility index (Phi) is 7.89. The van der Waals surface area contributed by atoms with Gasteiger partial charge >= 0.3 is 0 Å². The third-order valence-electron chi connectivity index (χ3n) is 11.6. The van der Waals surface area contributed by atoms with E-state index < -0.39 is 0 Å². The summed E-state index contributed by atoms with van der Waals surface area (Å²) in [5.74, 6) is 0. The van der Waals surface area contributed by atoms with Crippen LogP contribution in [0.1, 0.15) is 0 Å². The van der Waals surface area contributed by atoms with E-state index in [9.17, 15) is 0 Å². The topological polar surface area (TPSA) is 3.24 Å². The van der Waals surface area contributed by atoms with Crippen molar-refractivity contribution in [2.24, 2.45) is 0 Å². The van der Waals surface area contributed by atoms with Crippen molar-refractivity contribution in [3.05, 3.63) is 224 Å². The van der Waals surface area contributed by atoms with Gasteiger partial charge in [0.2, 0.25) is 0 Å². The number of hydrogen-bond acceptors (Lipinski definition) is 1. The van der Waals surface area contributed by atoms with Crippen LogP contribution in [0.2, 0.25) is 0 Å². The van der Waals surface area contributed by atoms with Crippen LogP contribution >= 0.6 is 0 Å². The van der Waals surface area contributed by atoms with Crippen LogP contribution in [0.25, 0.3) is 87.2 Å². The van der Waals surface area contributed by atoms with Crippen LogP contribution in [0, 0.1) is 0 Å². The maximum Gasteiger partial charge on any atom is 0.0546 e. The van der Waals surface area contributed by atoms with Gasteiger partial charge in [0.05, 0.1) is 5.69 Å². The Morgan fingerprint density at radius 3 is 1.63 bits per heavy atom. The average molecular weight is 724 g/mol. The molecule has 0 aromatic heterocycles. The lowest BCUT2D eigenvalue weighted by atomic mass is 9.89. The summed E-state index contributed by atoms with van der Waals surface area (Å²) in [4.78, 5) is 2.45. The highest BCUT2D eigenvalue weighted by atomic mass is 15.1. The first-order valence-electron chi connectivity index (χ1n) is 19.7. The second-order valence-electron chi connectivity index (χ2n) is 14.9. The van der Waals surface area contributed by atoms with Gasteiger partial charge in [-0.15, -0.1) is 0 Å². The molecule has 0 radical (unpaired) electrons. The van der Waals surface area contributed by atoms with E-state index in [0.717, 1.165) is 17.1 Å². The summed E-state index contributed by atoms with van der Waals surface area (Å²) in [5, 5.41) is 12.5. The SMILES string of the molecule is c1ccc(-c2cccc(N(c3ccc(-c4cccc5ccccc45)cc3)c3cc(-c4cc5c6ccccc6ccc5c5ccccc45)cc4ccccc34)c2)cc1. The van der Waals surface area contributed by atoms with Gasteiger partial charge in [-0.25, -0.2) is 0 Å². The fourth-order valence-electron chi connectivity index (χ4n) is 8.88. The van der Waals surface area contributed by atoms with E-state index in [4.69, 9.17) is 0 Å². The minimum absolute atomic E-state index is 1.10. The first-order valence-corrected chi connectivity index (χ1v) is 19.7. The fourth-order valence-corrected chi connectivity index (χ4v) is 8.88. The Balaban J connectivity index is 1.16. The highest BCUT2D eigenvalue weighted by Gasteiger charge is 2.20. The number of rotatable bonds is 6. The van der Waals surface area contributed by atoms with E-state index >= 15 is 0 Å². The second-order valence-corrected chi connectivity index (χ2v) is 14.9. The molecule has 11 rings (SSSR count). The molecule has 0 aliphatic rings.